The van der Waals surface area contributed by atoms with Crippen LogP contribution in [0, 0.1) is 12.7 Å². The first kappa shape index (κ1) is 11.7. The fourth-order valence-corrected chi connectivity index (χ4v) is 2.18. The van der Waals surface area contributed by atoms with Crippen LogP contribution in [-0.2, 0) is 0 Å². The van der Waals surface area contributed by atoms with E-state index in [1.54, 1.807) is 12.1 Å². The van der Waals surface area contributed by atoms with Gasteiger partial charge in [-0.1, -0.05) is 24.3 Å². The van der Waals surface area contributed by atoms with E-state index in [0.717, 1.165) is 22.1 Å². The van der Waals surface area contributed by atoms with Gasteiger partial charge in [0.1, 0.15) is 11.4 Å². The number of furan rings is 1. The van der Waals surface area contributed by atoms with Gasteiger partial charge in [-0.2, -0.15) is 0 Å². The van der Waals surface area contributed by atoms with Crippen molar-refractivity contribution in [2.24, 2.45) is 0 Å². The average Bonchev–Trinajstić information content (AvgIpc) is 2.76. The summed E-state index contributed by atoms with van der Waals surface area (Å²) in [7, 11) is 0. The van der Waals surface area contributed by atoms with Crippen molar-refractivity contribution >= 4 is 17.3 Å². The molecule has 0 atom stereocenters. The maximum atomic E-state index is 12.9. The van der Waals surface area contributed by atoms with Crippen LogP contribution in [0.4, 0.5) is 4.39 Å². The van der Waals surface area contributed by atoms with Crippen LogP contribution in [0.1, 0.15) is 16.1 Å². The van der Waals surface area contributed by atoms with Crippen LogP contribution in [0.2, 0.25) is 0 Å². The largest absolute Gasteiger partial charge is 0.453 e. The summed E-state index contributed by atoms with van der Waals surface area (Å²) in [6.45, 7) is 1.85. The average molecular weight is 254 g/mol. The van der Waals surface area contributed by atoms with Crippen molar-refractivity contribution in [3.05, 3.63) is 59.6 Å². The zero-order chi connectivity index (χ0) is 13.4. The molecule has 0 N–H and O–H groups in total. The van der Waals surface area contributed by atoms with E-state index in [4.69, 9.17) is 4.42 Å². The lowest BCUT2D eigenvalue weighted by Crippen LogP contribution is -1.79. The zero-order valence-electron chi connectivity index (χ0n) is 10.3. The van der Waals surface area contributed by atoms with E-state index in [-0.39, 0.29) is 5.82 Å². The molecule has 3 rings (SSSR count). The number of fused-ring (bicyclic) bond motifs is 1. The predicted octanol–water partition coefficient (Wildman–Crippen LogP) is 4.36. The Labute approximate surface area is 109 Å². The first-order valence-corrected chi connectivity index (χ1v) is 5.93. The van der Waals surface area contributed by atoms with Gasteiger partial charge in [-0.15, -0.1) is 0 Å². The molecule has 3 aromatic rings. The number of rotatable bonds is 2. The van der Waals surface area contributed by atoms with E-state index < -0.39 is 0 Å². The minimum atomic E-state index is -0.262. The molecule has 0 aliphatic rings. The molecular weight excluding hydrogens is 243 g/mol. The quantitative estimate of drug-likeness (QED) is 0.636. The fourth-order valence-electron chi connectivity index (χ4n) is 2.18. The summed E-state index contributed by atoms with van der Waals surface area (Å²) in [5.74, 6) is 0.0909. The van der Waals surface area contributed by atoms with Crippen molar-refractivity contribution in [3.8, 4) is 11.1 Å². The first-order chi connectivity index (χ1) is 9.19. The Morgan fingerprint density at radius 3 is 2.42 bits per heavy atom. The standard InChI is InChI=1S/C16H11FO2/c1-10-14-7-4-12(8-15(14)19-16(10)9-18)11-2-5-13(17)6-3-11/h2-9H,1H3. The Bertz CT molecular complexity index is 754. The highest BCUT2D eigenvalue weighted by molar-refractivity contribution is 5.91. The highest BCUT2D eigenvalue weighted by Crippen LogP contribution is 2.29. The molecule has 0 fully saturated rings. The molecular formula is C16H11FO2. The number of halogens is 1. The molecule has 2 nitrogen and oxygen atoms in total. The van der Waals surface area contributed by atoms with E-state index in [2.05, 4.69) is 0 Å². The summed E-state index contributed by atoms with van der Waals surface area (Å²) in [6, 6.07) is 12.0. The third kappa shape index (κ3) is 1.93. The molecule has 3 heteroatoms. The number of carbonyl (C=O) groups is 1. The lowest BCUT2D eigenvalue weighted by Gasteiger charge is -2.01. The van der Waals surface area contributed by atoms with Gasteiger partial charge in [0.25, 0.3) is 0 Å². The Morgan fingerprint density at radius 2 is 1.74 bits per heavy atom. The van der Waals surface area contributed by atoms with Crippen LogP contribution in [0.3, 0.4) is 0 Å². The van der Waals surface area contributed by atoms with E-state index in [0.29, 0.717) is 17.6 Å². The smallest absolute Gasteiger partial charge is 0.185 e. The van der Waals surface area contributed by atoms with Crippen molar-refractivity contribution < 1.29 is 13.6 Å². The summed E-state index contributed by atoms with van der Waals surface area (Å²) in [6.07, 6.45) is 0.715. The molecule has 0 unspecified atom stereocenters. The molecule has 1 aromatic heterocycles. The summed E-state index contributed by atoms with van der Waals surface area (Å²) < 4.78 is 18.4. The highest BCUT2D eigenvalue weighted by Gasteiger charge is 2.10. The van der Waals surface area contributed by atoms with Gasteiger partial charge in [0.05, 0.1) is 0 Å². The molecule has 0 amide bonds. The fraction of sp³-hybridized carbons (Fsp3) is 0.0625. The van der Waals surface area contributed by atoms with Crippen LogP contribution in [-0.4, -0.2) is 6.29 Å². The molecule has 2 aromatic carbocycles. The third-order valence-corrected chi connectivity index (χ3v) is 3.26. The molecule has 0 saturated carbocycles. The lowest BCUT2D eigenvalue weighted by atomic mass is 10.0. The first-order valence-electron chi connectivity index (χ1n) is 5.93. The zero-order valence-corrected chi connectivity index (χ0v) is 10.3. The molecule has 94 valence electrons. The molecule has 0 saturated heterocycles. The van der Waals surface area contributed by atoms with Crippen molar-refractivity contribution in [1.82, 2.24) is 0 Å². The lowest BCUT2D eigenvalue weighted by molar-refractivity contribution is 0.110. The topological polar surface area (TPSA) is 30.2 Å². The normalized spacial score (nSPS) is 10.8. The number of hydrogen-bond donors (Lipinski definition) is 0. The van der Waals surface area contributed by atoms with Gasteiger partial charge < -0.3 is 4.42 Å². The van der Waals surface area contributed by atoms with E-state index in [1.807, 2.05) is 25.1 Å². The third-order valence-electron chi connectivity index (χ3n) is 3.26. The molecule has 0 aliphatic heterocycles. The number of carbonyl (C=O) groups excluding carboxylic acids is 1. The minimum Gasteiger partial charge on any atom is -0.453 e. The summed E-state index contributed by atoms with van der Waals surface area (Å²) in [5.41, 5.74) is 3.35. The van der Waals surface area contributed by atoms with Gasteiger partial charge in [-0.05, 0) is 36.2 Å². The van der Waals surface area contributed by atoms with Crippen LogP contribution >= 0.6 is 0 Å². The van der Waals surface area contributed by atoms with Crippen molar-refractivity contribution in [2.75, 3.05) is 0 Å². The van der Waals surface area contributed by atoms with Gasteiger partial charge in [0, 0.05) is 10.9 Å². The Hall–Kier alpha value is -2.42. The number of benzene rings is 2. The van der Waals surface area contributed by atoms with Gasteiger partial charge >= 0.3 is 0 Å². The monoisotopic (exact) mass is 254 g/mol. The Kier molecular flexibility index (Phi) is 2.67. The summed E-state index contributed by atoms with van der Waals surface area (Å²) in [5, 5.41) is 0.924. The Morgan fingerprint density at radius 1 is 1.05 bits per heavy atom. The van der Waals surface area contributed by atoms with Gasteiger partial charge in [0.2, 0.25) is 0 Å². The predicted molar refractivity (Wildman–Crippen MR) is 71.7 cm³/mol. The van der Waals surface area contributed by atoms with Crippen LogP contribution in [0.5, 0.6) is 0 Å². The number of aldehydes is 1. The maximum absolute atomic E-state index is 12.9. The molecule has 0 aliphatic carbocycles. The van der Waals surface area contributed by atoms with E-state index in [9.17, 15) is 9.18 Å². The second-order valence-electron chi connectivity index (χ2n) is 4.43. The highest BCUT2D eigenvalue weighted by atomic mass is 19.1. The summed E-state index contributed by atoms with van der Waals surface area (Å²) >= 11 is 0. The van der Waals surface area contributed by atoms with Crippen molar-refractivity contribution in [3.63, 3.8) is 0 Å². The molecule has 0 spiro atoms. The van der Waals surface area contributed by atoms with Crippen LogP contribution in [0.25, 0.3) is 22.1 Å². The van der Waals surface area contributed by atoms with Gasteiger partial charge in [-0.3, -0.25) is 4.79 Å². The Balaban J connectivity index is 2.16. The number of aryl methyl sites for hydroxylation is 1. The van der Waals surface area contributed by atoms with Crippen molar-refractivity contribution in [2.45, 2.75) is 6.92 Å². The SMILES string of the molecule is Cc1c(C=O)oc2cc(-c3ccc(F)cc3)ccc12. The molecule has 19 heavy (non-hydrogen) atoms. The molecule has 0 bridgehead atoms. The van der Waals surface area contributed by atoms with E-state index >= 15 is 0 Å². The van der Waals surface area contributed by atoms with Crippen LogP contribution in [0.15, 0.2) is 46.9 Å². The second-order valence-corrected chi connectivity index (χ2v) is 4.43. The molecule has 0 radical (unpaired) electrons. The maximum Gasteiger partial charge on any atom is 0.185 e. The van der Waals surface area contributed by atoms with Crippen LogP contribution < -0.4 is 0 Å². The number of hydrogen-bond acceptors (Lipinski definition) is 2. The van der Waals surface area contributed by atoms with Gasteiger partial charge in [-0.25, -0.2) is 4.39 Å². The summed E-state index contributed by atoms with van der Waals surface area (Å²) in [4.78, 5) is 10.9. The second kappa shape index (κ2) is 4.35. The van der Waals surface area contributed by atoms with Gasteiger partial charge in [0.15, 0.2) is 12.0 Å². The molecule has 1 heterocycles. The van der Waals surface area contributed by atoms with E-state index in [1.165, 1.54) is 12.1 Å². The minimum absolute atomic E-state index is 0.262. The van der Waals surface area contributed by atoms with Crippen molar-refractivity contribution in [1.29, 1.82) is 0 Å².